The van der Waals surface area contributed by atoms with Crippen LogP contribution in [0.3, 0.4) is 0 Å². The Hall–Kier alpha value is -1.42. The number of nitrogens with zero attached hydrogens (tertiary/aromatic N) is 1. The Labute approximate surface area is 119 Å². The summed E-state index contributed by atoms with van der Waals surface area (Å²) in [6.45, 7) is 5.00. The van der Waals surface area contributed by atoms with Crippen LogP contribution in [0.1, 0.15) is 38.4 Å². The molecule has 20 heavy (non-hydrogen) atoms. The van der Waals surface area contributed by atoms with Crippen LogP contribution >= 0.6 is 0 Å². The minimum atomic E-state index is -0.253. The van der Waals surface area contributed by atoms with Crippen molar-refractivity contribution in [2.75, 3.05) is 6.54 Å². The van der Waals surface area contributed by atoms with Gasteiger partial charge in [0, 0.05) is 6.54 Å². The Morgan fingerprint density at radius 2 is 2.20 bits per heavy atom. The highest BCUT2D eigenvalue weighted by Gasteiger charge is 2.43. The fourth-order valence-corrected chi connectivity index (χ4v) is 3.03. The predicted molar refractivity (Wildman–Crippen MR) is 75.3 cm³/mol. The normalized spacial score (nSPS) is 32.8. The zero-order valence-electron chi connectivity index (χ0n) is 12.0. The fourth-order valence-electron chi connectivity index (χ4n) is 3.03. The van der Waals surface area contributed by atoms with Crippen molar-refractivity contribution in [2.45, 2.75) is 38.9 Å². The van der Waals surface area contributed by atoms with Crippen molar-refractivity contribution in [3.63, 3.8) is 0 Å². The van der Waals surface area contributed by atoms with Crippen molar-refractivity contribution in [2.24, 2.45) is 11.8 Å². The molecule has 1 N–H and O–H groups in total. The van der Waals surface area contributed by atoms with E-state index in [0.717, 1.165) is 18.5 Å². The number of nitrogens with one attached hydrogen (secondary N) is 1. The van der Waals surface area contributed by atoms with Gasteiger partial charge in [-0.3, -0.25) is 10.1 Å². The molecule has 0 spiro atoms. The summed E-state index contributed by atoms with van der Waals surface area (Å²) in [5.74, 6) is 1.21. The van der Waals surface area contributed by atoms with Gasteiger partial charge in [0.05, 0.1) is 6.04 Å². The average molecular weight is 276 g/mol. The molecule has 1 saturated carbocycles. The van der Waals surface area contributed by atoms with Gasteiger partial charge in [0.25, 0.3) is 0 Å². The molecule has 1 heterocycles. The standard InChI is InChI=1S/C16H21FN2O/c1-3-14-16(20)19(9-12-7-10(12)2)15(18-14)11-5-4-6-13(17)8-11/h4-6,8,10,12,14-15,18H,3,7,9H2,1-2H3. The molecule has 1 aromatic carbocycles. The third kappa shape index (κ3) is 2.44. The van der Waals surface area contributed by atoms with Gasteiger partial charge in [-0.1, -0.05) is 26.0 Å². The molecule has 4 unspecified atom stereocenters. The quantitative estimate of drug-likeness (QED) is 0.917. The Bertz CT molecular complexity index is 519. The number of hydrogen-bond acceptors (Lipinski definition) is 2. The lowest BCUT2D eigenvalue weighted by Crippen LogP contribution is -2.33. The number of amides is 1. The number of benzene rings is 1. The van der Waals surface area contributed by atoms with Crippen molar-refractivity contribution < 1.29 is 9.18 Å². The molecule has 1 amide bonds. The minimum Gasteiger partial charge on any atom is -0.321 e. The van der Waals surface area contributed by atoms with Crippen LogP contribution in [0.5, 0.6) is 0 Å². The lowest BCUT2D eigenvalue weighted by molar-refractivity contribution is -0.130. The molecule has 108 valence electrons. The Balaban J connectivity index is 1.84. The van der Waals surface area contributed by atoms with E-state index in [1.54, 1.807) is 6.07 Å². The molecule has 0 radical (unpaired) electrons. The van der Waals surface area contributed by atoms with E-state index >= 15 is 0 Å². The number of carbonyl (C=O) groups is 1. The summed E-state index contributed by atoms with van der Waals surface area (Å²) in [5, 5.41) is 3.34. The smallest absolute Gasteiger partial charge is 0.241 e. The van der Waals surface area contributed by atoms with Crippen LogP contribution in [-0.2, 0) is 4.79 Å². The summed E-state index contributed by atoms with van der Waals surface area (Å²) < 4.78 is 13.4. The second kappa shape index (κ2) is 5.17. The molecule has 4 heteroatoms. The summed E-state index contributed by atoms with van der Waals surface area (Å²) in [4.78, 5) is 14.3. The molecule has 2 fully saturated rings. The first kappa shape index (κ1) is 13.6. The molecular weight excluding hydrogens is 255 g/mol. The van der Waals surface area contributed by atoms with Gasteiger partial charge in [0.15, 0.2) is 0 Å². The molecule has 1 saturated heterocycles. The average Bonchev–Trinajstić information content (AvgIpc) is 3.03. The summed E-state index contributed by atoms with van der Waals surface area (Å²) in [7, 11) is 0. The molecule has 4 atom stereocenters. The van der Waals surface area contributed by atoms with Gasteiger partial charge < -0.3 is 4.90 Å². The minimum absolute atomic E-state index is 0.141. The molecular formula is C16H21FN2O. The first-order valence-electron chi connectivity index (χ1n) is 7.42. The summed E-state index contributed by atoms with van der Waals surface area (Å²) in [6, 6.07) is 6.40. The Morgan fingerprint density at radius 3 is 2.80 bits per heavy atom. The Morgan fingerprint density at radius 1 is 1.45 bits per heavy atom. The van der Waals surface area contributed by atoms with Crippen LogP contribution in [0, 0.1) is 17.7 Å². The van der Waals surface area contributed by atoms with E-state index < -0.39 is 0 Å². The molecule has 3 rings (SSSR count). The zero-order valence-corrected chi connectivity index (χ0v) is 12.0. The third-order valence-electron chi connectivity index (χ3n) is 4.53. The van der Waals surface area contributed by atoms with Crippen molar-refractivity contribution in [3.05, 3.63) is 35.6 Å². The van der Waals surface area contributed by atoms with Gasteiger partial charge >= 0.3 is 0 Å². The van der Waals surface area contributed by atoms with E-state index in [1.807, 2.05) is 17.9 Å². The topological polar surface area (TPSA) is 32.3 Å². The molecule has 0 bridgehead atoms. The first-order valence-corrected chi connectivity index (χ1v) is 7.42. The predicted octanol–water partition coefficient (Wildman–Crippen LogP) is 2.69. The summed E-state index contributed by atoms with van der Waals surface area (Å²) >= 11 is 0. The lowest BCUT2D eigenvalue weighted by Gasteiger charge is -2.24. The number of carbonyl (C=O) groups excluding carboxylic acids is 1. The maximum Gasteiger partial charge on any atom is 0.241 e. The van der Waals surface area contributed by atoms with E-state index in [2.05, 4.69) is 12.2 Å². The maximum absolute atomic E-state index is 13.4. The monoisotopic (exact) mass is 276 g/mol. The highest BCUT2D eigenvalue weighted by molar-refractivity contribution is 5.84. The van der Waals surface area contributed by atoms with E-state index in [0.29, 0.717) is 11.8 Å². The second-order valence-corrected chi connectivity index (χ2v) is 6.05. The van der Waals surface area contributed by atoms with Gasteiger partial charge in [-0.15, -0.1) is 0 Å². The van der Waals surface area contributed by atoms with Crippen LogP contribution < -0.4 is 5.32 Å². The van der Waals surface area contributed by atoms with E-state index in [9.17, 15) is 9.18 Å². The van der Waals surface area contributed by atoms with Crippen molar-refractivity contribution in [1.82, 2.24) is 10.2 Å². The van der Waals surface area contributed by atoms with Crippen LogP contribution in [0.25, 0.3) is 0 Å². The lowest BCUT2D eigenvalue weighted by atomic mass is 10.1. The first-order chi connectivity index (χ1) is 9.60. The maximum atomic E-state index is 13.4. The van der Waals surface area contributed by atoms with Gasteiger partial charge in [-0.25, -0.2) is 4.39 Å². The third-order valence-corrected chi connectivity index (χ3v) is 4.53. The second-order valence-electron chi connectivity index (χ2n) is 6.05. The Kier molecular flexibility index (Phi) is 3.50. The largest absolute Gasteiger partial charge is 0.321 e. The molecule has 2 aliphatic rings. The number of hydrogen-bond donors (Lipinski definition) is 1. The van der Waals surface area contributed by atoms with Gasteiger partial charge in [0.1, 0.15) is 12.0 Å². The van der Waals surface area contributed by atoms with E-state index in [-0.39, 0.29) is 23.9 Å². The highest BCUT2D eigenvalue weighted by atomic mass is 19.1. The molecule has 0 aromatic heterocycles. The van der Waals surface area contributed by atoms with Crippen molar-refractivity contribution in [1.29, 1.82) is 0 Å². The van der Waals surface area contributed by atoms with Crippen molar-refractivity contribution in [3.8, 4) is 0 Å². The number of rotatable bonds is 4. The van der Waals surface area contributed by atoms with Crippen LogP contribution in [-0.4, -0.2) is 23.4 Å². The summed E-state index contributed by atoms with van der Waals surface area (Å²) in [6.07, 6.45) is 1.77. The van der Waals surface area contributed by atoms with E-state index in [1.165, 1.54) is 18.6 Å². The van der Waals surface area contributed by atoms with Crippen LogP contribution in [0.2, 0.25) is 0 Å². The van der Waals surface area contributed by atoms with Crippen LogP contribution in [0.4, 0.5) is 4.39 Å². The SMILES string of the molecule is CCC1NC(c2cccc(F)c2)N(CC2CC2C)C1=O. The highest BCUT2D eigenvalue weighted by Crippen LogP contribution is 2.40. The molecule has 1 aliphatic carbocycles. The zero-order chi connectivity index (χ0) is 14.3. The molecule has 3 nitrogen and oxygen atoms in total. The number of halogens is 1. The van der Waals surface area contributed by atoms with Gasteiger partial charge in [-0.2, -0.15) is 0 Å². The molecule has 1 aromatic rings. The summed E-state index contributed by atoms with van der Waals surface area (Å²) in [5.41, 5.74) is 0.836. The van der Waals surface area contributed by atoms with Gasteiger partial charge in [-0.05, 0) is 42.4 Å². The fraction of sp³-hybridized carbons (Fsp3) is 0.562. The van der Waals surface area contributed by atoms with Crippen molar-refractivity contribution >= 4 is 5.91 Å². The molecule has 1 aliphatic heterocycles. The van der Waals surface area contributed by atoms with Gasteiger partial charge in [0.2, 0.25) is 5.91 Å². The van der Waals surface area contributed by atoms with Crippen LogP contribution in [0.15, 0.2) is 24.3 Å². The van der Waals surface area contributed by atoms with E-state index in [4.69, 9.17) is 0 Å².